The molecule has 7 heteroatoms. The molecule has 7 nitrogen and oxygen atoms in total. The van der Waals surface area contributed by atoms with Gasteiger partial charge >= 0.3 is 12.1 Å². The smallest absolute Gasteiger partial charge is 0.407 e. The van der Waals surface area contributed by atoms with E-state index in [1.807, 2.05) is 24.3 Å². The molecule has 2 N–H and O–H groups in total. The van der Waals surface area contributed by atoms with Crippen LogP contribution in [0, 0.1) is 11.8 Å². The highest BCUT2D eigenvalue weighted by Crippen LogP contribution is 2.44. The minimum absolute atomic E-state index is 0.00202. The number of aliphatic carboxylic acids is 1. The highest BCUT2D eigenvalue weighted by Gasteiger charge is 2.49. The lowest BCUT2D eigenvalue weighted by Crippen LogP contribution is -2.53. The van der Waals surface area contributed by atoms with Gasteiger partial charge in [0.2, 0.25) is 5.91 Å². The maximum atomic E-state index is 13.3. The largest absolute Gasteiger partial charge is 0.480 e. The van der Waals surface area contributed by atoms with Crippen LogP contribution in [0.4, 0.5) is 4.79 Å². The van der Waals surface area contributed by atoms with Gasteiger partial charge in [-0.2, -0.15) is 0 Å². The number of fused-ring (bicyclic) bond motifs is 3. The zero-order chi connectivity index (χ0) is 24.6. The number of nitrogens with one attached hydrogen (secondary N) is 1. The Hall–Kier alpha value is -3.35. The molecule has 35 heavy (non-hydrogen) atoms. The number of carbonyl (C=O) groups is 3. The number of carbonyl (C=O) groups excluding carboxylic acids is 2. The van der Waals surface area contributed by atoms with Crippen LogP contribution in [0.5, 0.6) is 0 Å². The monoisotopic (exact) mass is 476 g/mol. The van der Waals surface area contributed by atoms with E-state index in [1.54, 1.807) is 11.8 Å². The maximum absolute atomic E-state index is 13.3. The van der Waals surface area contributed by atoms with Gasteiger partial charge < -0.3 is 20.1 Å². The molecule has 0 bridgehead atoms. The number of nitrogens with zero attached hydrogens (tertiary/aromatic N) is 1. The first kappa shape index (κ1) is 23.4. The number of carboxylic acid groups (broad SMARTS) is 1. The zero-order valence-electron chi connectivity index (χ0n) is 20.0. The van der Waals surface area contributed by atoms with Gasteiger partial charge in [0.1, 0.15) is 12.1 Å². The molecule has 1 saturated carbocycles. The topological polar surface area (TPSA) is 95.9 Å². The minimum atomic E-state index is -1.13. The third kappa shape index (κ3) is 4.17. The number of benzene rings is 2. The summed E-state index contributed by atoms with van der Waals surface area (Å²) < 4.78 is 5.64. The number of alkyl carbamates (subject to hydrolysis) is 1. The Labute approximate surface area is 205 Å². The van der Waals surface area contributed by atoms with Crippen LogP contribution in [0.25, 0.3) is 11.1 Å². The molecule has 1 heterocycles. The van der Waals surface area contributed by atoms with Crippen molar-refractivity contribution in [3.63, 3.8) is 0 Å². The predicted octanol–water partition coefficient (Wildman–Crippen LogP) is 4.41. The number of hydrogen-bond acceptors (Lipinski definition) is 4. The lowest BCUT2D eigenvalue weighted by molar-refractivity contribution is -0.157. The predicted molar refractivity (Wildman–Crippen MR) is 131 cm³/mol. The van der Waals surface area contributed by atoms with Gasteiger partial charge in [0.15, 0.2) is 0 Å². The second-order valence-corrected chi connectivity index (χ2v) is 10.2. The Bertz CT molecular complexity index is 1100. The molecule has 0 spiro atoms. The molecule has 0 unspecified atom stereocenters. The normalized spacial score (nSPS) is 25.2. The molecule has 0 aromatic heterocycles. The quantitative estimate of drug-likeness (QED) is 0.644. The second kappa shape index (κ2) is 9.36. The van der Waals surface area contributed by atoms with Crippen LogP contribution in [0.15, 0.2) is 48.5 Å². The number of amides is 2. The van der Waals surface area contributed by atoms with Crippen molar-refractivity contribution in [2.75, 3.05) is 19.7 Å². The summed E-state index contributed by atoms with van der Waals surface area (Å²) in [7, 11) is 0. The Morgan fingerprint density at radius 2 is 1.69 bits per heavy atom. The molecular weight excluding hydrogens is 444 g/mol. The minimum Gasteiger partial charge on any atom is -0.480 e. The third-order valence-corrected chi connectivity index (χ3v) is 8.20. The van der Waals surface area contributed by atoms with Crippen LogP contribution in [0.3, 0.4) is 0 Å². The fourth-order valence-corrected chi connectivity index (χ4v) is 6.21. The van der Waals surface area contributed by atoms with Gasteiger partial charge in [0.05, 0.1) is 0 Å². The summed E-state index contributed by atoms with van der Waals surface area (Å²) in [5, 5.41) is 12.5. The molecule has 3 atom stereocenters. The average Bonchev–Trinajstić information content (AvgIpc) is 3.57. The summed E-state index contributed by atoms with van der Waals surface area (Å²) >= 11 is 0. The first-order valence-electron chi connectivity index (χ1n) is 12.5. The molecule has 2 aromatic carbocycles. The number of rotatable bonds is 6. The first-order valence-corrected chi connectivity index (χ1v) is 12.5. The average molecular weight is 477 g/mol. The van der Waals surface area contributed by atoms with Gasteiger partial charge in [-0.15, -0.1) is 0 Å². The van der Waals surface area contributed by atoms with E-state index in [1.165, 1.54) is 11.1 Å². The van der Waals surface area contributed by atoms with E-state index in [0.717, 1.165) is 30.4 Å². The van der Waals surface area contributed by atoms with Crippen molar-refractivity contribution >= 4 is 18.0 Å². The highest BCUT2D eigenvalue weighted by atomic mass is 16.5. The van der Waals surface area contributed by atoms with E-state index in [0.29, 0.717) is 25.9 Å². The lowest BCUT2D eigenvalue weighted by atomic mass is 9.92. The molecule has 1 saturated heterocycles. The standard InChI is InChI=1S/C28H32N2O5/c1-28(26(32)33)14-7-15-30(28)25(31)19-13-6-8-18(19)16-29-27(34)35-17-24-22-11-4-2-9-20(22)21-10-3-5-12-23(21)24/h2-5,9-12,18-19,24H,6-8,13-17H2,1H3,(H,29,34)(H,32,33)/t18-,19-,28+/m1/s1. The van der Waals surface area contributed by atoms with Crippen molar-refractivity contribution in [3.05, 3.63) is 59.7 Å². The van der Waals surface area contributed by atoms with Gasteiger partial charge in [0, 0.05) is 24.9 Å². The number of hydrogen-bond donors (Lipinski definition) is 2. The van der Waals surface area contributed by atoms with Crippen molar-refractivity contribution in [1.29, 1.82) is 0 Å². The molecular formula is C28H32N2O5. The van der Waals surface area contributed by atoms with Gasteiger partial charge in [-0.1, -0.05) is 55.0 Å². The summed E-state index contributed by atoms with van der Waals surface area (Å²) in [6, 6.07) is 16.4. The molecule has 2 amide bonds. The van der Waals surface area contributed by atoms with Crippen LogP contribution in [-0.2, 0) is 14.3 Å². The van der Waals surface area contributed by atoms with E-state index in [9.17, 15) is 19.5 Å². The Morgan fingerprint density at radius 1 is 1.03 bits per heavy atom. The van der Waals surface area contributed by atoms with E-state index in [2.05, 4.69) is 29.6 Å². The molecule has 2 aliphatic carbocycles. The highest BCUT2D eigenvalue weighted by molar-refractivity contribution is 5.89. The maximum Gasteiger partial charge on any atom is 0.407 e. The van der Waals surface area contributed by atoms with Crippen LogP contribution in [0.1, 0.15) is 56.1 Å². The third-order valence-electron chi connectivity index (χ3n) is 8.20. The van der Waals surface area contributed by atoms with Crippen molar-refractivity contribution in [3.8, 4) is 11.1 Å². The van der Waals surface area contributed by atoms with Gasteiger partial charge in [0.25, 0.3) is 0 Å². The van der Waals surface area contributed by atoms with E-state index in [4.69, 9.17) is 4.74 Å². The molecule has 2 fully saturated rings. The molecule has 0 radical (unpaired) electrons. The summed E-state index contributed by atoms with van der Waals surface area (Å²) in [6.45, 7) is 2.71. The van der Waals surface area contributed by atoms with Crippen LogP contribution in [0.2, 0.25) is 0 Å². The van der Waals surface area contributed by atoms with Crippen molar-refractivity contribution in [1.82, 2.24) is 10.2 Å². The van der Waals surface area contributed by atoms with Gasteiger partial charge in [-0.25, -0.2) is 9.59 Å². The molecule has 184 valence electrons. The molecule has 5 rings (SSSR count). The van der Waals surface area contributed by atoms with E-state index in [-0.39, 0.29) is 30.3 Å². The first-order chi connectivity index (χ1) is 16.9. The van der Waals surface area contributed by atoms with Crippen molar-refractivity contribution in [2.45, 2.75) is 50.5 Å². The van der Waals surface area contributed by atoms with Crippen molar-refractivity contribution in [2.24, 2.45) is 11.8 Å². The van der Waals surface area contributed by atoms with Crippen LogP contribution >= 0.6 is 0 Å². The number of carboxylic acids is 1. The van der Waals surface area contributed by atoms with Gasteiger partial charge in [-0.05, 0) is 60.8 Å². The summed E-state index contributed by atoms with van der Waals surface area (Å²) in [6.07, 6.45) is 3.14. The number of likely N-dealkylation sites (tertiary alicyclic amines) is 1. The van der Waals surface area contributed by atoms with Crippen LogP contribution < -0.4 is 5.32 Å². The van der Waals surface area contributed by atoms with E-state index < -0.39 is 17.6 Å². The fourth-order valence-electron chi connectivity index (χ4n) is 6.21. The number of ether oxygens (including phenoxy) is 1. The van der Waals surface area contributed by atoms with Crippen molar-refractivity contribution < 1.29 is 24.2 Å². The molecule has 1 aliphatic heterocycles. The van der Waals surface area contributed by atoms with Gasteiger partial charge in [-0.3, -0.25) is 4.79 Å². The molecule has 3 aliphatic rings. The fraction of sp³-hybridized carbons (Fsp3) is 0.464. The Kier molecular flexibility index (Phi) is 6.26. The Morgan fingerprint density at radius 3 is 2.34 bits per heavy atom. The summed E-state index contributed by atoms with van der Waals surface area (Å²) in [4.78, 5) is 39.2. The zero-order valence-corrected chi connectivity index (χ0v) is 20.0. The van der Waals surface area contributed by atoms with Crippen LogP contribution in [-0.4, -0.2) is 53.2 Å². The van der Waals surface area contributed by atoms with E-state index >= 15 is 0 Å². The lowest BCUT2D eigenvalue weighted by Gasteiger charge is -2.34. The summed E-state index contributed by atoms with van der Waals surface area (Å²) in [5.74, 6) is -1.32. The molecule has 2 aromatic rings. The Balaban J connectivity index is 1.18. The second-order valence-electron chi connectivity index (χ2n) is 10.2. The summed E-state index contributed by atoms with van der Waals surface area (Å²) in [5.41, 5.74) is 3.55. The SMILES string of the molecule is C[C@@]1(C(=O)O)CCCN1C(=O)[C@@H]1CCC[C@@H]1CNC(=O)OCC1c2ccccc2-c2ccccc21.